The van der Waals surface area contributed by atoms with Crippen LogP contribution in [0.5, 0.6) is 0 Å². The average Bonchev–Trinajstić information content (AvgIpc) is 3.93. The van der Waals surface area contributed by atoms with Crippen LogP contribution >= 0.6 is 0 Å². The largest absolute Gasteiger partial charge is 0.455 e. The van der Waals surface area contributed by atoms with Gasteiger partial charge in [0, 0.05) is 22.3 Å². The molecule has 0 fully saturated rings. The Bertz CT molecular complexity index is 3390. The maximum atomic E-state index is 14.8. The van der Waals surface area contributed by atoms with Crippen LogP contribution in [0.2, 0.25) is 0 Å². The summed E-state index contributed by atoms with van der Waals surface area (Å²) in [6.07, 6.45) is -4.52. The Morgan fingerprint density at radius 3 is 1.81 bits per heavy atom. The number of hydrogen-bond acceptors (Lipinski definition) is 1. The maximum absolute atomic E-state index is 14.8. The Hall–Kier alpha value is -7.43. The highest BCUT2D eigenvalue weighted by molar-refractivity contribution is 6.09. The van der Waals surface area contributed by atoms with E-state index < -0.39 is 17.2 Å². The molecule has 1 heterocycles. The van der Waals surface area contributed by atoms with Crippen molar-refractivity contribution in [1.29, 1.82) is 0 Å². The summed E-state index contributed by atoms with van der Waals surface area (Å²) >= 11 is 0. The number of aryl methyl sites for hydroxylation is 1. The highest BCUT2D eigenvalue weighted by Crippen LogP contribution is 2.65. The third kappa shape index (κ3) is 5.29. The molecule has 2 unspecified atom stereocenters. The fourth-order valence-corrected chi connectivity index (χ4v) is 10.7. The molecule has 4 heteroatoms. The van der Waals surface area contributed by atoms with Gasteiger partial charge in [-0.2, -0.15) is 13.2 Å². The van der Waals surface area contributed by atoms with Gasteiger partial charge < -0.3 is 4.42 Å². The van der Waals surface area contributed by atoms with Crippen LogP contribution < -0.4 is 0 Å². The van der Waals surface area contributed by atoms with Crippen molar-refractivity contribution in [1.82, 2.24) is 0 Å². The predicted octanol–water partition coefficient (Wildman–Crippen LogP) is 15.8. The number of alkyl halides is 3. The predicted molar refractivity (Wildman–Crippen MR) is 244 cm³/mol. The van der Waals surface area contributed by atoms with E-state index in [2.05, 4.69) is 140 Å². The molecular formula is C58H37F3O. The molecule has 2 atom stereocenters. The van der Waals surface area contributed by atoms with E-state index in [4.69, 9.17) is 4.42 Å². The highest BCUT2D eigenvalue weighted by atomic mass is 19.4. The maximum Gasteiger partial charge on any atom is 0.416 e. The van der Waals surface area contributed by atoms with Crippen LogP contribution in [0.1, 0.15) is 56.0 Å². The van der Waals surface area contributed by atoms with E-state index in [0.29, 0.717) is 5.56 Å². The first kappa shape index (κ1) is 36.4. The summed E-state index contributed by atoms with van der Waals surface area (Å²) in [5.74, 6) is -0.278. The van der Waals surface area contributed by atoms with Crippen LogP contribution in [-0.2, 0) is 11.6 Å². The van der Waals surface area contributed by atoms with Gasteiger partial charge in [0.1, 0.15) is 11.2 Å². The molecule has 1 nitrogen and oxygen atoms in total. The van der Waals surface area contributed by atoms with E-state index in [1.807, 2.05) is 48.5 Å². The van der Waals surface area contributed by atoms with Gasteiger partial charge in [-0.25, -0.2) is 0 Å². The lowest BCUT2D eigenvalue weighted by atomic mass is 9.66. The van der Waals surface area contributed by atoms with Crippen molar-refractivity contribution >= 4 is 21.9 Å². The van der Waals surface area contributed by atoms with Crippen molar-refractivity contribution in [3.05, 3.63) is 250 Å². The molecular weight excluding hydrogens is 770 g/mol. The quantitative estimate of drug-likeness (QED) is 0.158. The number of fused-ring (bicyclic) bond motifs is 13. The van der Waals surface area contributed by atoms with Crippen molar-refractivity contribution in [2.24, 2.45) is 0 Å². The molecule has 10 aromatic rings. The summed E-state index contributed by atoms with van der Waals surface area (Å²) in [5, 5.41) is 2.16. The SMILES string of the molecule is Cc1ccc2c(c1)C1(c3cc(C(F)(F)F)ccc3-2)c2ccccc2-c2cccc(C(c3ccc(-c4ccccc4)cc3)c3ccc(-c4cccc5c4oc4ccccc45)cc3)c21. The smallest absolute Gasteiger partial charge is 0.416 e. The van der Waals surface area contributed by atoms with E-state index in [-0.39, 0.29) is 5.92 Å². The summed E-state index contributed by atoms with van der Waals surface area (Å²) in [7, 11) is 0. The zero-order valence-electron chi connectivity index (χ0n) is 33.7. The number of halogens is 3. The van der Waals surface area contributed by atoms with Gasteiger partial charge in [0.15, 0.2) is 0 Å². The Morgan fingerprint density at radius 2 is 1.03 bits per heavy atom. The van der Waals surface area contributed by atoms with Gasteiger partial charge in [0.25, 0.3) is 0 Å². The zero-order valence-corrected chi connectivity index (χ0v) is 33.7. The van der Waals surface area contributed by atoms with Gasteiger partial charge in [-0.15, -0.1) is 0 Å². The van der Waals surface area contributed by atoms with Gasteiger partial charge in [-0.05, 0) is 103 Å². The van der Waals surface area contributed by atoms with Crippen LogP contribution in [0.4, 0.5) is 13.2 Å². The van der Waals surface area contributed by atoms with Crippen LogP contribution in [0.25, 0.3) is 66.4 Å². The summed E-state index contributed by atoms with van der Waals surface area (Å²) in [6, 6.07) is 67.8. The van der Waals surface area contributed by atoms with Crippen molar-refractivity contribution < 1.29 is 17.6 Å². The van der Waals surface area contributed by atoms with Gasteiger partial charge >= 0.3 is 6.18 Å². The van der Waals surface area contributed by atoms with Crippen LogP contribution in [0.15, 0.2) is 205 Å². The number of hydrogen-bond donors (Lipinski definition) is 0. The first-order chi connectivity index (χ1) is 30.3. The van der Waals surface area contributed by atoms with Crippen molar-refractivity contribution in [3.63, 3.8) is 0 Å². The summed E-state index contributed by atoms with van der Waals surface area (Å²) < 4.78 is 50.9. The van der Waals surface area contributed by atoms with Crippen molar-refractivity contribution in [3.8, 4) is 44.5 Å². The van der Waals surface area contributed by atoms with Gasteiger partial charge in [0.05, 0.1) is 11.0 Å². The molecule has 2 aliphatic carbocycles. The minimum atomic E-state index is -4.52. The second-order valence-electron chi connectivity index (χ2n) is 16.7. The first-order valence-corrected chi connectivity index (χ1v) is 21.0. The van der Waals surface area contributed by atoms with Crippen molar-refractivity contribution in [2.75, 3.05) is 0 Å². The topological polar surface area (TPSA) is 13.1 Å². The summed E-state index contributed by atoms with van der Waals surface area (Å²) in [6.45, 7) is 2.07. The van der Waals surface area contributed by atoms with E-state index in [9.17, 15) is 13.2 Å². The lowest BCUT2D eigenvalue weighted by molar-refractivity contribution is -0.137. The molecule has 0 N–H and O–H groups in total. The number of furan rings is 1. The van der Waals surface area contributed by atoms with Crippen LogP contribution in [0, 0.1) is 6.92 Å². The standard InChI is InChI=1S/C58H37F3O/c1-35-21-31-44-45-32-30-41(58(59,60)61)34-52(45)57(51(44)33-35)50-19-7-5-13-43(50)47-16-10-18-49(55(47)57)54(39-26-22-37(23-27-39)36-11-3-2-4-12-36)40-28-24-38(25-29-40)42-15-9-17-48-46-14-6-8-20-53(46)62-56(42)48/h2-34,54H,1H3. The fourth-order valence-electron chi connectivity index (χ4n) is 10.7. The molecule has 0 amide bonds. The average molecular weight is 807 g/mol. The van der Waals surface area contributed by atoms with Crippen LogP contribution in [-0.4, -0.2) is 0 Å². The zero-order chi connectivity index (χ0) is 41.7. The fraction of sp³-hybridized carbons (Fsp3) is 0.0690. The van der Waals surface area contributed by atoms with E-state index >= 15 is 0 Å². The Morgan fingerprint density at radius 1 is 0.452 bits per heavy atom. The Balaban J connectivity index is 1.12. The van der Waals surface area contributed by atoms with Gasteiger partial charge in [0.2, 0.25) is 0 Å². The van der Waals surface area contributed by atoms with Crippen LogP contribution in [0.3, 0.4) is 0 Å². The Labute approximate surface area is 357 Å². The number of para-hydroxylation sites is 2. The molecule has 0 saturated carbocycles. The Kier molecular flexibility index (Phi) is 7.95. The van der Waals surface area contributed by atoms with E-state index in [0.717, 1.165) is 105 Å². The minimum Gasteiger partial charge on any atom is -0.455 e. The minimum absolute atomic E-state index is 0.278. The molecule has 0 radical (unpaired) electrons. The second kappa shape index (κ2) is 13.5. The van der Waals surface area contributed by atoms with E-state index in [1.165, 1.54) is 12.1 Å². The lowest BCUT2D eigenvalue weighted by Gasteiger charge is -2.34. The number of rotatable bonds is 5. The molecule has 12 rings (SSSR count). The van der Waals surface area contributed by atoms with E-state index in [1.54, 1.807) is 6.07 Å². The third-order valence-electron chi connectivity index (χ3n) is 13.3. The molecule has 62 heavy (non-hydrogen) atoms. The molecule has 296 valence electrons. The molecule has 9 aromatic carbocycles. The van der Waals surface area contributed by atoms with Crippen molar-refractivity contribution in [2.45, 2.75) is 24.4 Å². The van der Waals surface area contributed by atoms with Gasteiger partial charge in [-0.3, -0.25) is 0 Å². The first-order valence-electron chi connectivity index (χ1n) is 21.0. The summed E-state index contributed by atoms with van der Waals surface area (Å²) in [4.78, 5) is 0. The van der Waals surface area contributed by atoms with Gasteiger partial charge in [-0.1, -0.05) is 188 Å². The normalized spacial score (nSPS) is 15.4. The molecule has 0 aliphatic heterocycles. The third-order valence-corrected chi connectivity index (χ3v) is 13.3. The molecule has 1 spiro atoms. The monoisotopic (exact) mass is 806 g/mol. The lowest BCUT2D eigenvalue weighted by Crippen LogP contribution is -2.28. The second-order valence-corrected chi connectivity index (χ2v) is 16.7. The number of benzene rings is 9. The molecule has 0 bridgehead atoms. The summed E-state index contributed by atoms with van der Waals surface area (Å²) in [5.41, 5.74) is 16.2. The molecule has 0 saturated heterocycles. The molecule has 2 aliphatic rings. The highest BCUT2D eigenvalue weighted by Gasteiger charge is 2.54. The molecule has 1 aromatic heterocycles.